The number of methoxy groups -OCH3 is 1. The van der Waals surface area contributed by atoms with Crippen molar-refractivity contribution in [1.29, 1.82) is 0 Å². The molecule has 0 aliphatic carbocycles. The number of nitrogens with two attached hydrogens (primary N) is 1. The molecule has 0 aromatic rings. The smallest absolute Gasteiger partial charge is 0.239 e. The molecule has 0 saturated carbocycles. The van der Waals surface area contributed by atoms with Crippen LogP contribution in [0.25, 0.3) is 0 Å². The predicted octanol–water partition coefficient (Wildman–Crippen LogP) is 0.855. The summed E-state index contributed by atoms with van der Waals surface area (Å²) in [6, 6.07) is -0.348. The highest BCUT2D eigenvalue weighted by molar-refractivity contribution is 5.81. The fourth-order valence-electron chi connectivity index (χ4n) is 2.05. The molecule has 0 aromatic heterocycles. The lowest BCUT2D eigenvalue weighted by molar-refractivity contribution is -0.135. The van der Waals surface area contributed by atoms with Crippen LogP contribution in [-0.2, 0) is 9.53 Å². The first kappa shape index (κ1) is 13.5. The maximum absolute atomic E-state index is 12.0. The predicted molar refractivity (Wildman–Crippen MR) is 64.0 cm³/mol. The number of hydrogen-bond acceptors (Lipinski definition) is 3. The summed E-state index contributed by atoms with van der Waals surface area (Å²) in [5.74, 6) is 0.916. The monoisotopic (exact) mass is 228 g/mol. The first-order valence-corrected chi connectivity index (χ1v) is 6.09. The van der Waals surface area contributed by atoms with Crippen LogP contribution in [0.5, 0.6) is 0 Å². The number of ether oxygens (including phenoxy) is 1. The average Bonchev–Trinajstić information content (AvgIpc) is 2.28. The SMILES string of the molecule is COCC1CCN(C(=O)[C@@H](N)C(C)C)CC1. The van der Waals surface area contributed by atoms with Crippen molar-refractivity contribution in [1.82, 2.24) is 4.90 Å². The van der Waals surface area contributed by atoms with Gasteiger partial charge < -0.3 is 15.4 Å². The lowest BCUT2D eigenvalue weighted by Crippen LogP contribution is -2.49. The van der Waals surface area contributed by atoms with E-state index in [9.17, 15) is 4.79 Å². The maximum atomic E-state index is 12.0. The molecule has 0 unspecified atom stereocenters. The molecule has 94 valence electrons. The van der Waals surface area contributed by atoms with E-state index >= 15 is 0 Å². The Kier molecular flexibility index (Phi) is 5.22. The molecule has 0 bridgehead atoms. The quantitative estimate of drug-likeness (QED) is 0.776. The molecular formula is C12H24N2O2. The molecule has 4 nitrogen and oxygen atoms in total. The van der Waals surface area contributed by atoms with Crippen molar-refractivity contribution in [2.24, 2.45) is 17.6 Å². The zero-order valence-corrected chi connectivity index (χ0v) is 10.6. The highest BCUT2D eigenvalue weighted by Crippen LogP contribution is 2.18. The second kappa shape index (κ2) is 6.21. The van der Waals surface area contributed by atoms with Crippen molar-refractivity contribution in [3.8, 4) is 0 Å². The highest BCUT2D eigenvalue weighted by Gasteiger charge is 2.27. The fourth-order valence-corrected chi connectivity index (χ4v) is 2.05. The molecule has 0 radical (unpaired) electrons. The summed E-state index contributed by atoms with van der Waals surface area (Å²) >= 11 is 0. The third kappa shape index (κ3) is 3.46. The molecule has 0 spiro atoms. The number of nitrogens with zero attached hydrogens (tertiary/aromatic N) is 1. The number of rotatable bonds is 4. The number of carbonyl (C=O) groups excluding carboxylic acids is 1. The number of piperidine rings is 1. The Morgan fingerprint density at radius 1 is 1.44 bits per heavy atom. The Balaban J connectivity index is 2.38. The minimum atomic E-state index is -0.348. The van der Waals surface area contributed by atoms with Crippen LogP contribution in [0.2, 0.25) is 0 Å². The van der Waals surface area contributed by atoms with Gasteiger partial charge in [0.25, 0.3) is 0 Å². The highest BCUT2D eigenvalue weighted by atomic mass is 16.5. The number of amides is 1. The van der Waals surface area contributed by atoms with Gasteiger partial charge in [-0.15, -0.1) is 0 Å². The largest absolute Gasteiger partial charge is 0.384 e. The standard InChI is InChI=1S/C12H24N2O2/c1-9(2)11(13)12(15)14-6-4-10(5-7-14)8-16-3/h9-11H,4-8,13H2,1-3H3/t11-/m0/s1. The van der Waals surface area contributed by atoms with Gasteiger partial charge in [0.1, 0.15) is 0 Å². The van der Waals surface area contributed by atoms with Gasteiger partial charge in [-0.05, 0) is 24.7 Å². The summed E-state index contributed by atoms with van der Waals surface area (Å²) in [5, 5.41) is 0. The summed E-state index contributed by atoms with van der Waals surface area (Å²) in [5.41, 5.74) is 5.87. The van der Waals surface area contributed by atoms with E-state index in [0.717, 1.165) is 32.5 Å². The zero-order valence-electron chi connectivity index (χ0n) is 10.6. The molecule has 1 aliphatic heterocycles. The van der Waals surface area contributed by atoms with Crippen LogP contribution in [-0.4, -0.2) is 43.7 Å². The van der Waals surface area contributed by atoms with E-state index in [-0.39, 0.29) is 17.9 Å². The van der Waals surface area contributed by atoms with Crippen LogP contribution >= 0.6 is 0 Å². The van der Waals surface area contributed by atoms with E-state index in [2.05, 4.69) is 0 Å². The topological polar surface area (TPSA) is 55.6 Å². The van der Waals surface area contributed by atoms with E-state index in [0.29, 0.717) is 5.92 Å². The van der Waals surface area contributed by atoms with E-state index in [1.165, 1.54) is 0 Å². The average molecular weight is 228 g/mol. The minimum absolute atomic E-state index is 0.103. The first-order chi connectivity index (χ1) is 7.56. The van der Waals surface area contributed by atoms with Crippen molar-refractivity contribution in [2.75, 3.05) is 26.8 Å². The molecule has 1 fully saturated rings. The van der Waals surface area contributed by atoms with Gasteiger partial charge in [-0.1, -0.05) is 13.8 Å². The van der Waals surface area contributed by atoms with Gasteiger partial charge in [0.15, 0.2) is 0 Å². The Hall–Kier alpha value is -0.610. The molecule has 1 aliphatic rings. The molecule has 1 heterocycles. The van der Waals surface area contributed by atoms with Crippen LogP contribution in [0.1, 0.15) is 26.7 Å². The van der Waals surface area contributed by atoms with Crippen molar-refractivity contribution in [3.63, 3.8) is 0 Å². The van der Waals surface area contributed by atoms with Crippen LogP contribution in [0, 0.1) is 11.8 Å². The van der Waals surface area contributed by atoms with Crippen LogP contribution in [0.15, 0.2) is 0 Å². The van der Waals surface area contributed by atoms with Gasteiger partial charge in [0, 0.05) is 26.8 Å². The van der Waals surface area contributed by atoms with E-state index < -0.39 is 0 Å². The Morgan fingerprint density at radius 2 is 2.00 bits per heavy atom. The molecule has 16 heavy (non-hydrogen) atoms. The van der Waals surface area contributed by atoms with Gasteiger partial charge in [0.05, 0.1) is 6.04 Å². The van der Waals surface area contributed by atoms with E-state index in [1.54, 1.807) is 7.11 Å². The van der Waals surface area contributed by atoms with Gasteiger partial charge in [-0.3, -0.25) is 4.79 Å². The van der Waals surface area contributed by atoms with Gasteiger partial charge in [-0.2, -0.15) is 0 Å². The van der Waals surface area contributed by atoms with Crippen LogP contribution in [0.3, 0.4) is 0 Å². The normalized spacial score (nSPS) is 20.2. The second-order valence-electron chi connectivity index (χ2n) is 4.99. The second-order valence-corrected chi connectivity index (χ2v) is 4.99. The third-order valence-corrected chi connectivity index (χ3v) is 3.33. The van der Waals surface area contributed by atoms with Crippen molar-refractivity contribution < 1.29 is 9.53 Å². The molecule has 1 amide bonds. The maximum Gasteiger partial charge on any atom is 0.239 e. The van der Waals surface area contributed by atoms with Crippen molar-refractivity contribution in [3.05, 3.63) is 0 Å². The molecule has 4 heteroatoms. The molecular weight excluding hydrogens is 204 g/mol. The Labute approximate surface area is 98.1 Å². The summed E-state index contributed by atoms with van der Waals surface area (Å²) in [6.45, 7) is 6.43. The number of hydrogen-bond donors (Lipinski definition) is 1. The summed E-state index contributed by atoms with van der Waals surface area (Å²) in [7, 11) is 1.73. The Bertz CT molecular complexity index is 223. The van der Waals surface area contributed by atoms with Crippen LogP contribution in [0.4, 0.5) is 0 Å². The lowest BCUT2D eigenvalue weighted by atomic mass is 9.96. The molecule has 1 atom stereocenters. The van der Waals surface area contributed by atoms with Gasteiger partial charge in [-0.25, -0.2) is 0 Å². The molecule has 1 rings (SSSR count). The number of carbonyl (C=O) groups is 1. The van der Waals surface area contributed by atoms with Gasteiger partial charge in [0.2, 0.25) is 5.91 Å². The van der Waals surface area contributed by atoms with E-state index in [1.807, 2.05) is 18.7 Å². The zero-order chi connectivity index (χ0) is 12.1. The van der Waals surface area contributed by atoms with Gasteiger partial charge >= 0.3 is 0 Å². The molecule has 1 saturated heterocycles. The third-order valence-electron chi connectivity index (χ3n) is 3.33. The fraction of sp³-hybridized carbons (Fsp3) is 0.917. The first-order valence-electron chi connectivity index (χ1n) is 6.09. The van der Waals surface area contributed by atoms with E-state index in [4.69, 9.17) is 10.5 Å². The summed E-state index contributed by atoms with van der Waals surface area (Å²) in [6.07, 6.45) is 2.06. The lowest BCUT2D eigenvalue weighted by Gasteiger charge is -2.34. The molecule has 0 aromatic carbocycles. The summed E-state index contributed by atoms with van der Waals surface area (Å²) < 4.78 is 5.13. The van der Waals surface area contributed by atoms with Crippen LogP contribution < -0.4 is 5.73 Å². The van der Waals surface area contributed by atoms with Crippen molar-refractivity contribution in [2.45, 2.75) is 32.7 Å². The minimum Gasteiger partial charge on any atom is -0.384 e. The Morgan fingerprint density at radius 3 is 2.44 bits per heavy atom. The summed E-state index contributed by atoms with van der Waals surface area (Å²) in [4.78, 5) is 13.9. The number of likely N-dealkylation sites (tertiary alicyclic amines) is 1. The molecule has 2 N–H and O–H groups in total. The van der Waals surface area contributed by atoms with Crippen molar-refractivity contribution >= 4 is 5.91 Å².